The zero-order valence-electron chi connectivity index (χ0n) is 10.6. The van der Waals surface area contributed by atoms with Crippen LogP contribution in [0.3, 0.4) is 0 Å². The lowest BCUT2D eigenvalue weighted by Crippen LogP contribution is -2.23. The van der Waals surface area contributed by atoms with E-state index in [4.69, 9.17) is 4.74 Å². The molecule has 18 heavy (non-hydrogen) atoms. The van der Waals surface area contributed by atoms with E-state index in [-0.39, 0.29) is 11.9 Å². The van der Waals surface area contributed by atoms with Crippen LogP contribution in [-0.4, -0.2) is 17.6 Å². The highest BCUT2D eigenvalue weighted by molar-refractivity contribution is 9.10. The molecular formula is C14H18BrNO2. The average Bonchev–Trinajstić information content (AvgIpc) is 2.40. The van der Waals surface area contributed by atoms with Crippen molar-refractivity contribution in [2.75, 3.05) is 6.61 Å². The zero-order chi connectivity index (χ0) is 13.0. The van der Waals surface area contributed by atoms with Gasteiger partial charge in [0.2, 0.25) is 0 Å². The molecule has 1 saturated carbocycles. The summed E-state index contributed by atoms with van der Waals surface area (Å²) < 4.78 is 6.08. The van der Waals surface area contributed by atoms with Gasteiger partial charge in [0.05, 0.1) is 12.5 Å². The summed E-state index contributed by atoms with van der Waals surface area (Å²) in [6.45, 7) is 2.34. The van der Waals surface area contributed by atoms with Gasteiger partial charge in [0.1, 0.15) is 0 Å². The highest BCUT2D eigenvalue weighted by Gasteiger charge is 2.28. The zero-order valence-corrected chi connectivity index (χ0v) is 12.1. The summed E-state index contributed by atoms with van der Waals surface area (Å²) in [7, 11) is 0. The molecule has 0 N–H and O–H groups in total. The van der Waals surface area contributed by atoms with Gasteiger partial charge in [0, 0.05) is 22.3 Å². The van der Waals surface area contributed by atoms with Crippen molar-refractivity contribution in [2.45, 2.75) is 38.5 Å². The summed E-state index contributed by atoms with van der Waals surface area (Å²) in [5, 5.41) is 0. The van der Waals surface area contributed by atoms with E-state index >= 15 is 0 Å². The molecule has 2 rings (SSSR count). The van der Waals surface area contributed by atoms with Crippen LogP contribution in [0.25, 0.3) is 0 Å². The lowest BCUT2D eigenvalue weighted by Gasteiger charge is -2.26. The van der Waals surface area contributed by atoms with Crippen LogP contribution in [0.15, 0.2) is 22.8 Å². The fraction of sp³-hybridized carbons (Fsp3) is 0.571. The number of esters is 1. The molecule has 1 aliphatic carbocycles. The fourth-order valence-electron chi connectivity index (χ4n) is 2.51. The summed E-state index contributed by atoms with van der Waals surface area (Å²) in [5.74, 6) is 0.556. The molecule has 3 nitrogen and oxygen atoms in total. The molecule has 0 unspecified atom stereocenters. The van der Waals surface area contributed by atoms with Crippen LogP contribution >= 0.6 is 15.9 Å². The van der Waals surface area contributed by atoms with Crippen molar-refractivity contribution in [3.05, 3.63) is 28.5 Å². The Bertz CT molecular complexity index is 397. The quantitative estimate of drug-likeness (QED) is 0.799. The van der Waals surface area contributed by atoms with Crippen molar-refractivity contribution in [1.29, 1.82) is 0 Å². The second-order valence-electron chi connectivity index (χ2n) is 4.70. The van der Waals surface area contributed by atoms with Gasteiger partial charge in [-0.1, -0.05) is 0 Å². The lowest BCUT2D eigenvalue weighted by molar-refractivity contribution is -0.149. The third-order valence-corrected chi connectivity index (χ3v) is 3.98. The van der Waals surface area contributed by atoms with Crippen LogP contribution in [0, 0.1) is 5.92 Å². The van der Waals surface area contributed by atoms with Crippen molar-refractivity contribution in [3.63, 3.8) is 0 Å². The number of nitrogens with zero attached hydrogens (tertiary/aromatic N) is 1. The fourth-order valence-corrected chi connectivity index (χ4v) is 2.75. The predicted molar refractivity (Wildman–Crippen MR) is 73.3 cm³/mol. The Hall–Kier alpha value is -0.900. The normalized spacial score (nSPS) is 23.7. The standard InChI is InChI=1S/C14H18BrNO2/c1-2-18-14(17)11-5-3-10(4-6-11)13-8-7-12(15)9-16-13/h7-11H,2-6H2,1H3. The number of aromatic nitrogens is 1. The van der Waals surface area contributed by atoms with E-state index in [1.54, 1.807) is 0 Å². The Kier molecular flexibility index (Phi) is 4.75. The largest absolute Gasteiger partial charge is 0.466 e. The van der Waals surface area contributed by atoms with E-state index in [1.165, 1.54) is 0 Å². The van der Waals surface area contributed by atoms with E-state index in [2.05, 4.69) is 27.0 Å². The van der Waals surface area contributed by atoms with E-state index in [0.29, 0.717) is 12.5 Å². The highest BCUT2D eigenvalue weighted by atomic mass is 79.9. The van der Waals surface area contributed by atoms with Gasteiger partial charge >= 0.3 is 5.97 Å². The molecule has 0 atom stereocenters. The van der Waals surface area contributed by atoms with Crippen molar-refractivity contribution in [3.8, 4) is 0 Å². The Morgan fingerprint density at radius 1 is 1.39 bits per heavy atom. The van der Waals surface area contributed by atoms with Crippen LogP contribution < -0.4 is 0 Å². The first-order valence-corrected chi connectivity index (χ1v) is 7.28. The molecule has 0 radical (unpaired) electrons. The summed E-state index contributed by atoms with van der Waals surface area (Å²) in [4.78, 5) is 16.1. The third kappa shape index (κ3) is 3.31. The van der Waals surface area contributed by atoms with Gasteiger partial charge in [0.25, 0.3) is 0 Å². The maximum Gasteiger partial charge on any atom is 0.308 e. The molecule has 0 saturated heterocycles. The Morgan fingerprint density at radius 2 is 2.11 bits per heavy atom. The highest BCUT2D eigenvalue weighted by Crippen LogP contribution is 2.35. The predicted octanol–water partition coefficient (Wildman–Crippen LogP) is 3.68. The van der Waals surface area contributed by atoms with Crippen LogP contribution in [0.1, 0.15) is 44.2 Å². The molecule has 4 heteroatoms. The number of hydrogen-bond donors (Lipinski definition) is 0. The first-order valence-electron chi connectivity index (χ1n) is 6.48. The SMILES string of the molecule is CCOC(=O)C1CCC(c2ccc(Br)cn2)CC1. The molecule has 1 heterocycles. The van der Waals surface area contributed by atoms with Crippen LogP contribution in [0.2, 0.25) is 0 Å². The van der Waals surface area contributed by atoms with Gasteiger partial charge in [-0.15, -0.1) is 0 Å². The first-order chi connectivity index (χ1) is 8.70. The van der Waals surface area contributed by atoms with E-state index in [9.17, 15) is 4.79 Å². The summed E-state index contributed by atoms with van der Waals surface area (Å²) in [6.07, 6.45) is 5.73. The van der Waals surface area contributed by atoms with Gasteiger partial charge in [-0.25, -0.2) is 0 Å². The number of ether oxygens (including phenoxy) is 1. The molecule has 1 aromatic rings. The minimum Gasteiger partial charge on any atom is -0.466 e. The summed E-state index contributed by atoms with van der Waals surface area (Å²) in [6, 6.07) is 4.10. The van der Waals surface area contributed by atoms with E-state index in [0.717, 1.165) is 35.8 Å². The molecule has 1 fully saturated rings. The van der Waals surface area contributed by atoms with Crippen molar-refractivity contribution >= 4 is 21.9 Å². The average molecular weight is 312 g/mol. The Labute approximate surface area is 116 Å². The van der Waals surface area contributed by atoms with E-state index in [1.807, 2.05) is 19.2 Å². The molecule has 0 bridgehead atoms. The number of hydrogen-bond acceptors (Lipinski definition) is 3. The lowest BCUT2D eigenvalue weighted by atomic mass is 9.80. The molecular weight excluding hydrogens is 294 g/mol. The molecule has 0 spiro atoms. The van der Waals surface area contributed by atoms with Crippen molar-refractivity contribution in [1.82, 2.24) is 4.98 Å². The van der Waals surface area contributed by atoms with Crippen LogP contribution in [0.5, 0.6) is 0 Å². The number of carbonyl (C=O) groups is 1. The minimum absolute atomic E-state index is 0.0280. The second kappa shape index (κ2) is 6.32. The molecule has 98 valence electrons. The molecule has 0 aromatic carbocycles. The molecule has 1 aliphatic rings. The molecule has 1 aromatic heterocycles. The van der Waals surface area contributed by atoms with Gasteiger partial charge < -0.3 is 4.74 Å². The third-order valence-electron chi connectivity index (χ3n) is 3.52. The number of carbonyl (C=O) groups excluding carboxylic acids is 1. The second-order valence-corrected chi connectivity index (χ2v) is 5.62. The maximum atomic E-state index is 11.6. The molecule has 0 aliphatic heterocycles. The van der Waals surface area contributed by atoms with E-state index < -0.39 is 0 Å². The topological polar surface area (TPSA) is 39.2 Å². The maximum absolute atomic E-state index is 11.6. The minimum atomic E-state index is -0.0280. The van der Waals surface area contributed by atoms with Gasteiger partial charge in [-0.2, -0.15) is 0 Å². The number of halogens is 1. The number of pyridine rings is 1. The number of rotatable bonds is 3. The van der Waals surface area contributed by atoms with Gasteiger partial charge in [0.15, 0.2) is 0 Å². The monoisotopic (exact) mass is 311 g/mol. The summed E-state index contributed by atoms with van der Waals surface area (Å²) >= 11 is 3.39. The summed E-state index contributed by atoms with van der Waals surface area (Å²) in [5.41, 5.74) is 1.14. The Morgan fingerprint density at radius 3 is 2.67 bits per heavy atom. The smallest absolute Gasteiger partial charge is 0.308 e. The van der Waals surface area contributed by atoms with Gasteiger partial charge in [-0.3, -0.25) is 9.78 Å². The van der Waals surface area contributed by atoms with Crippen LogP contribution in [0.4, 0.5) is 0 Å². The van der Waals surface area contributed by atoms with Gasteiger partial charge in [-0.05, 0) is 60.7 Å². The Balaban J connectivity index is 1.90. The first kappa shape index (κ1) is 13.5. The van der Waals surface area contributed by atoms with Crippen molar-refractivity contribution in [2.24, 2.45) is 5.92 Å². The van der Waals surface area contributed by atoms with Crippen molar-refractivity contribution < 1.29 is 9.53 Å². The molecule has 0 amide bonds. The van der Waals surface area contributed by atoms with Crippen LogP contribution in [-0.2, 0) is 9.53 Å².